The maximum Gasteiger partial charge on any atom is 0.326 e. The Hall–Kier alpha value is -1.14. The number of carbonyl (C=O) groups is 1. The van der Waals surface area contributed by atoms with Crippen LogP contribution in [0.15, 0.2) is 23.1 Å². The van der Waals surface area contributed by atoms with Crippen molar-refractivity contribution in [2.75, 3.05) is 19.4 Å². The van der Waals surface area contributed by atoms with Gasteiger partial charge in [-0.1, -0.05) is 0 Å². The van der Waals surface area contributed by atoms with Crippen molar-refractivity contribution in [2.45, 2.75) is 24.3 Å². The minimum absolute atomic E-state index is 0.298. The predicted octanol–water partition coefficient (Wildman–Crippen LogP) is 2.60. The Bertz CT molecular complexity index is 456. The second-order valence-electron chi connectivity index (χ2n) is 4.17. The Morgan fingerprint density at radius 2 is 2.11 bits per heavy atom. The number of thioether (sulfide) groups is 1. The van der Waals surface area contributed by atoms with E-state index in [4.69, 9.17) is 4.74 Å². The van der Waals surface area contributed by atoms with Gasteiger partial charge in [-0.15, -0.1) is 11.8 Å². The highest BCUT2D eigenvalue weighted by Gasteiger charge is 2.33. The van der Waals surface area contributed by atoms with E-state index in [9.17, 15) is 13.6 Å². The average molecular weight is 289 g/mol. The summed E-state index contributed by atoms with van der Waals surface area (Å²) in [6.45, 7) is 3.74. The molecular formula is C13H17F2NO2S. The SMILES string of the molecule is CCOC(=O)C(C)(CSc1ccc(F)c(F)c1)NC. The van der Waals surface area contributed by atoms with Crippen LogP contribution in [0.25, 0.3) is 0 Å². The fraction of sp³-hybridized carbons (Fsp3) is 0.462. The third kappa shape index (κ3) is 4.18. The van der Waals surface area contributed by atoms with Gasteiger partial charge in [0.15, 0.2) is 11.6 Å². The standard InChI is InChI=1S/C13H17F2NO2S/c1-4-18-12(17)13(2,16-3)8-19-9-5-6-10(14)11(15)7-9/h5-7,16H,4,8H2,1-3H3. The van der Waals surface area contributed by atoms with Crippen molar-refractivity contribution in [3.05, 3.63) is 29.8 Å². The Morgan fingerprint density at radius 1 is 1.42 bits per heavy atom. The summed E-state index contributed by atoms with van der Waals surface area (Å²) in [7, 11) is 1.66. The lowest BCUT2D eigenvalue weighted by atomic mass is 10.1. The second-order valence-corrected chi connectivity index (χ2v) is 5.22. The number of rotatable bonds is 6. The zero-order chi connectivity index (χ0) is 14.5. The van der Waals surface area contributed by atoms with Crippen LogP contribution in [0.5, 0.6) is 0 Å². The highest BCUT2D eigenvalue weighted by atomic mass is 32.2. The van der Waals surface area contributed by atoms with Crippen LogP contribution < -0.4 is 5.32 Å². The summed E-state index contributed by atoms with van der Waals surface area (Å²) < 4.78 is 30.8. The summed E-state index contributed by atoms with van der Waals surface area (Å²) in [5.41, 5.74) is -0.870. The molecule has 19 heavy (non-hydrogen) atoms. The van der Waals surface area contributed by atoms with Crippen LogP contribution in [0.1, 0.15) is 13.8 Å². The van der Waals surface area contributed by atoms with Gasteiger partial charge in [-0.3, -0.25) is 4.79 Å². The van der Waals surface area contributed by atoms with E-state index in [-0.39, 0.29) is 5.97 Å². The van der Waals surface area contributed by atoms with Crippen molar-refractivity contribution in [1.82, 2.24) is 5.32 Å². The largest absolute Gasteiger partial charge is 0.465 e. The molecule has 3 nitrogen and oxygen atoms in total. The normalized spacial score (nSPS) is 13.9. The molecule has 0 aliphatic heterocycles. The van der Waals surface area contributed by atoms with Gasteiger partial charge in [0.25, 0.3) is 0 Å². The van der Waals surface area contributed by atoms with Crippen molar-refractivity contribution in [3.8, 4) is 0 Å². The number of carbonyl (C=O) groups excluding carboxylic acids is 1. The molecule has 0 bridgehead atoms. The van der Waals surface area contributed by atoms with Gasteiger partial charge in [0.2, 0.25) is 0 Å². The first kappa shape index (κ1) is 15.9. The molecule has 0 aromatic heterocycles. The van der Waals surface area contributed by atoms with E-state index in [1.807, 2.05) is 0 Å². The number of halogens is 2. The third-order valence-electron chi connectivity index (χ3n) is 2.70. The topological polar surface area (TPSA) is 38.3 Å². The van der Waals surface area contributed by atoms with E-state index < -0.39 is 17.2 Å². The van der Waals surface area contributed by atoms with E-state index in [1.165, 1.54) is 17.8 Å². The zero-order valence-corrected chi connectivity index (χ0v) is 11.9. The summed E-state index contributed by atoms with van der Waals surface area (Å²) >= 11 is 1.26. The molecule has 1 aromatic carbocycles. The highest BCUT2D eigenvalue weighted by Crippen LogP contribution is 2.24. The molecule has 106 valence electrons. The first-order valence-corrected chi connectivity index (χ1v) is 6.85. The summed E-state index contributed by atoms with van der Waals surface area (Å²) in [4.78, 5) is 12.4. The Morgan fingerprint density at radius 3 is 2.63 bits per heavy atom. The molecule has 1 rings (SSSR count). The van der Waals surface area contributed by atoms with Gasteiger partial charge in [0.1, 0.15) is 5.54 Å². The minimum atomic E-state index is -0.896. The lowest BCUT2D eigenvalue weighted by Gasteiger charge is -2.26. The number of esters is 1. The van der Waals surface area contributed by atoms with Crippen LogP contribution in [0, 0.1) is 11.6 Å². The molecule has 1 unspecified atom stereocenters. The molecule has 1 aromatic rings. The van der Waals surface area contributed by atoms with Gasteiger partial charge in [-0.05, 0) is 39.1 Å². The van der Waals surface area contributed by atoms with Crippen molar-refractivity contribution in [1.29, 1.82) is 0 Å². The fourth-order valence-electron chi connectivity index (χ4n) is 1.32. The van der Waals surface area contributed by atoms with Gasteiger partial charge in [-0.2, -0.15) is 0 Å². The molecule has 0 spiro atoms. The molecule has 0 saturated heterocycles. The molecule has 0 heterocycles. The van der Waals surface area contributed by atoms with E-state index in [1.54, 1.807) is 20.9 Å². The maximum atomic E-state index is 13.1. The molecule has 0 aliphatic carbocycles. The van der Waals surface area contributed by atoms with Gasteiger partial charge in [-0.25, -0.2) is 8.78 Å². The Kier molecular flexibility index (Phi) is 5.75. The van der Waals surface area contributed by atoms with Crippen LogP contribution in [0.4, 0.5) is 8.78 Å². The first-order chi connectivity index (χ1) is 8.92. The lowest BCUT2D eigenvalue weighted by Crippen LogP contribution is -2.50. The summed E-state index contributed by atoms with van der Waals surface area (Å²) in [5, 5.41) is 2.90. The molecule has 0 fully saturated rings. The van der Waals surface area contributed by atoms with Gasteiger partial charge < -0.3 is 10.1 Å². The average Bonchev–Trinajstić information content (AvgIpc) is 2.40. The van der Waals surface area contributed by atoms with E-state index in [0.717, 1.165) is 12.1 Å². The minimum Gasteiger partial charge on any atom is -0.465 e. The summed E-state index contributed by atoms with van der Waals surface area (Å²) in [6.07, 6.45) is 0. The maximum absolute atomic E-state index is 13.1. The van der Waals surface area contributed by atoms with Crippen molar-refractivity contribution < 1.29 is 18.3 Å². The van der Waals surface area contributed by atoms with Crippen LogP contribution >= 0.6 is 11.8 Å². The van der Waals surface area contributed by atoms with Crippen LogP contribution in [-0.4, -0.2) is 30.9 Å². The molecule has 0 aliphatic rings. The van der Waals surface area contributed by atoms with Gasteiger partial charge in [0.05, 0.1) is 6.61 Å². The fourth-order valence-corrected chi connectivity index (χ4v) is 2.39. The van der Waals surface area contributed by atoms with Gasteiger partial charge in [0, 0.05) is 10.6 Å². The Balaban J connectivity index is 2.71. The molecule has 0 saturated carbocycles. The van der Waals surface area contributed by atoms with Crippen molar-refractivity contribution in [2.24, 2.45) is 0 Å². The summed E-state index contributed by atoms with van der Waals surface area (Å²) in [5.74, 6) is -1.79. The molecule has 0 radical (unpaired) electrons. The van der Waals surface area contributed by atoms with Gasteiger partial charge >= 0.3 is 5.97 Å². The predicted molar refractivity (Wildman–Crippen MR) is 71.2 cm³/mol. The van der Waals surface area contributed by atoms with Crippen molar-refractivity contribution >= 4 is 17.7 Å². The Labute approximate surface area is 115 Å². The summed E-state index contributed by atoms with van der Waals surface area (Å²) in [6, 6.07) is 3.66. The lowest BCUT2D eigenvalue weighted by molar-refractivity contribution is -0.149. The molecule has 0 amide bonds. The quantitative estimate of drug-likeness (QED) is 0.645. The molecule has 1 N–H and O–H groups in total. The second kappa shape index (κ2) is 6.86. The van der Waals surface area contributed by atoms with Crippen LogP contribution in [-0.2, 0) is 9.53 Å². The van der Waals surface area contributed by atoms with Crippen LogP contribution in [0.2, 0.25) is 0 Å². The number of nitrogens with one attached hydrogen (secondary N) is 1. The number of hydrogen-bond donors (Lipinski definition) is 1. The highest BCUT2D eigenvalue weighted by molar-refractivity contribution is 7.99. The zero-order valence-electron chi connectivity index (χ0n) is 11.1. The molecule has 6 heteroatoms. The number of ether oxygens (including phenoxy) is 1. The number of hydrogen-bond acceptors (Lipinski definition) is 4. The van der Waals surface area contributed by atoms with Crippen molar-refractivity contribution in [3.63, 3.8) is 0 Å². The van der Waals surface area contributed by atoms with Crippen LogP contribution in [0.3, 0.4) is 0 Å². The number of benzene rings is 1. The van der Waals surface area contributed by atoms with E-state index in [2.05, 4.69) is 5.32 Å². The first-order valence-electron chi connectivity index (χ1n) is 5.87. The number of likely N-dealkylation sites (N-methyl/N-ethyl adjacent to an activating group) is 1. The smallest absolute Gasteiger partial charge is 0.326 e. The molecular weight excluding hydrogens is 272 g/mol. The monoisotopic (exact) mass is 289 g/mol. The molecule has 1 atom stereocenters. The van der Waals surface area contributed by atoms with E-state index >= 15 is 0 Å². The van der Waals surface area contributed by atoms with E-state index in [0.29, 0.717) is 17.3 Å². The third-order valence-corrected chi connectivity index (χ3v) is 4.01.